The molecule has 0 aliphatic carbocycles. The summed E-state index contributed by atoms with van der Waals surface area (Å²) in [4.78, 5) is 26.3. The third kappa shape index (κ3) is 1.60. The van der Waals surface area contributed by atoms with E-state index in [2.05, 4.69) is 19.9 Å². The van der Waals surface area contributed by atoms with E-state index in [-0.39, 0.29) is 0 Å². The third-order valence-electron chi connectivity index (χ3n) is 2.67. The molecule has 0 unspecified atom stereocenters. The van der Waals surface area contributed by atoms with E-state index >= 15 is 0 Å². The highest BCUT2D eigenvalue weighted by Gasteiger charge is 2.08. The number of aromatic nitrogens is 4. The van der Waals surface area contributed by atoms with Crippen molar-refractivity contribution in [3.8, 4) is 11.3 Å². The fourth-order valence-electron chi connectivity index (χ4n) is 1.78. The Morgan fingerprint density at radius 1 is 1.11 bits per heavy atom. The minimum absolute atomic E-state index is 0.448. The lowest BCUT2D eigenvalue weighted by Crippen LogP contribution is -2.10. The van der Waals surface area contributed by atoms with Gasteiger partial charge in [-0.3, -0.25) is 4.79 Å². The maximum Gasteiger partial charge on any atom is 0.248 e. The van der Waals surface area contributed by atoms with Crippen molar-refractivity contribution in [3.05, 3.63) is 42.5 Å². The summed E-state index contributed by atoms with van der Waals surface area (Å²) in [6.07, 6.45) is 3.03. The summed E-state index contributed by atoms with van der Waals surface area (Å²) < 4.78 is 0. The fraction of sp³-hybridized carbons (Fsp3) is 0. The van der Waals surface area contributed by atoms with E-state index in [0.717, 1.165) is 16.8 Å². The number of primary amides is 1. The Bertz CT molecular complexity index is 717. The van der Waals surface area contributed by atoms with E-state index in [9.17, 15) is 4.79 Å². The standard InChI is InChI=1S/C12H9N5O/c13-11(18)8-3-1-7(2-4-8)9-10-12(16-5-14-9)17-6-15-10/h1-6H,(H2,13,18)(H,14,15,16,17). The number of carbonyl (C=O) groups excluding carboxylic acids is 1. The lowest BCUT2D eigenvalue weighted by atomic mass is 10.1. The maximum atomic E-state index is 11.0. The smallest absolute Gasteiger partial charge is 0.248 e. The summed E-state index contributed by atoms with van der Waals surface area (Å²) >= 11 is 0. The molecule has 3 N–H and O–H groups in total. The normalized spacial score (nSPS) is 10.7. The average Bonchev–Trinajstić information content (AvgIpc) is 2.87. The lowest BCUT2D eigenvalue weighted by Gasteiger charge is -2.02. The second-order valence-corrected chi connectivity index (χ2v) is 3.77. The number of benzene rings is 1. The number of imidazole rings is 1. The molecule has 0 aliphatic rings. The summed E-state index contributed by atoms with van der Waals surface area (Å²) in [6.45, 7) is 0. The fourth-order valence-corrected chi connectivity index (χ4v) is 1.78. The summed E-state index contributed by atoms with van der Waals surface area (Å²) in [5.41, 5.74) is 8.66. The number of hydrogen-bond donors (Lipinski definition) is 2. The predicted octanol–water partition coefficient (Wildman–Crippen LogP) is 1.12. The Labute approximate surface area is 102 Å². The topological polar surface area (TPSA) is 97.6 Å². The SMILES string of the molecule is NC(=O)c1ccc(-c2ncnc3nc[nH]c23)cc1. The van der Waals surface area contributed by atoms with Crippen LogP contribution in [0.15, 0.2) is 36.9 Å². The van der Waals surface area contributed by atoms with Crippen LogP contribution in [0.4, 0.5) is 0 Å². The number of H-pyrrole nitrogens is 1. The maximum absolute atomic E-state index is 11.0. The van der Waals surface area contributed by atoms with E-state index in [1.165, 1.54) is 6.33 Å². The van der Waals surface area contributed by atoms with E-state index in [1.54, 1.807) is 30.6 Å². The number of fused-ring (bicyclic) bond motifs is 1. The highest BCUT2D eigenvalue weighted by molar-refractivity contribution is 5.94. The molecule has 3 rings (SSSR count). The molecule has 0 aliphatic heterocycles. The van der Waals surface area contributed by atoms with E-state index < -0.39 is 5.91 Å². The minimum Gasteiger partial charge on any atom is -0.366 e. The molecule has 3 aromatic rings. The quantitative estimate of drug-likeness (QED) is 0.700. The van der Waals surface area contributed by atoms with Crippen LogP contribution in [-0.4, -0.2) is 25.8 Å². The Balaban J connectivity index is 2.14. The molecule has 1 amide bonds. The first kappa shape index (κ1) is 10.4. The van der Waals surface area contributed by atoms with E-state index in [1.807, 2.05) is 0 Å². The van der Waals surface area contributed by atoms with Gasteiger partial charge in [-0.1, -0.05) is 12.1 Å². The van der Waals surface area contributed by atoms with E-state index in [0.29, 0.717) is 11.2 Å². The van der Waals surface area contributed by atoms with Crippen molar-refractivity contribution in [2.45, 2.75) is 0 Å². The molecule has 2 heterocycles. The van der Waals surface area contributed by atoms with Gasteiger partial charge in [-0.25, -0.2) is 15.0 Å². The van der Waals surface area contributed by atoms with Crippen molar-refractivity contribution >= 4 is 17.1 Å². The van der Waals surface area contributed by atoms with Gasteiger partial charge in [0.15, 0.2) is 5.65 Å². The van der Waals surface area contributed by atoms with Gasteiger partial charge >= 0.3 is 0 Å². The largest absolute Gasteiger partial charge is 0.366 e. The number of aromatic amines is 1. The number of rotatable bonds is 2. The van der Waals surface area contributed by atoms with Gasteiger partial charge in [-0.05, 0) is 12.1 Å². The van der Waals surface area contributed by atoms with Crippen LogP contribution in [0.1, 0.15) is 10.4 Å². The lowest BCUT2D eigenvalue weighted by molar-refractivity contribution is 0.100. The zero-order valence-corrected chi connectivity index (χ0v) is 9.29. The molecule has 0 radical (unpaired) electrons. The van der Waals surface area contributed by atoms with Crippen LogP contribution in [0.3, 0.4) is 0 Å². The molecular weight excluding hydrogens is 230 g/mol. The van der Waals surface area contributed by atoms with Crippen LogP contribution in [-0.2, 0) is 0 Å². The molecule has 0 atom stereocenters. The molecule has 6 heteroatoms. The third-order valence-corrected chi connectivity index (χ3v) is 2.67. The van der Waals surface area contributed by atoms with Gasteiger partial charge in [0.25, 0.3) is 0 Å². The zero-order valence-electron chi connectivity index (χ0n) is 9.29. The van der Waals surface area contributed by atoms with Crippen LogP contribution in [0.25, 0.3) is 22.4 Å². The first-order valence-corrected chi connectivity index (χ1v) is 5.30. The first-order chi connectivity index (χ1) is 8.75. The van der Waals surface area contributed by atoms with Crippen LogP contribution in [0.2, 0.25) is 0 Å². The first-order valence-electron chi connectivity index (χ1n) is 5.30. The second-order valence-electron chi connectivity index (χ2n) is 3.77. The number of nitrogens with zero attached hydrogens (tertiary/aromatic N) is 3. The summed E-state index contributed by atoms with van der Waals surface area (Å²) in [7, 11) is 0. The molecule has 2 aromatic heterocycles. The van der Waals surface area contributed by atoms with Crippen molar-refractivity contribution in [2.75, 3.05) is 0 Å². The minimum atomic E-state index is -0.448. The van der Waals surface area contributed by atoms with Crippen LogP contribution in [0, 0.1) is 0 Å². The number of nitrogens with one attached hydrogen (secondary N) is 1. The molecule has 0 spiro atoms. The van der Waals surface area contributed by atoms with Gasteiger partial charge in [0.1, 0.15) is 11.8 Å². The van der Waals surface area contributed by atoms with Crippen molar-refractivity contribution in [3.63, 3.8) is 0 Å². The monoisotopic (exact) mass is 239 g/mol. The molecule has 0 saturated carbocycles. The van der Waals surface area contributed by atoms with Gasteiger partial charge in [0.2, 0.25) is 5.91 Å². The molecule has 6 nitrogen and oxygen atoms in total. The Kier molecular flexibility index (Phi) is 2.26. The average molecular weight is 239 g/mol. The predicted molar refractivity (Wildman–Crippen MR) is 65.6 cm³/mol. The molecule has 0 bridgehead atoms. The van der Waals surface area contributed by atoms with E-state index in [4.69, 9.17) is 5.73 Å². The number of carbonyl (C=O) groups is 1. The van der Waals surface area contributed by atoms with Crippen LogP contribution >= 0.6 is 0 Å². The van der Waals surface area contributed by atoms with Gasteiger partial charge in [0, 0.05) is 11.1 Å². The summed E-state index contributed by atoms with van der Waals surface area (Å²) in [5, 5.41) is 0. The van der Waals surface area contributed by atoms with Crippen LogP contribution < -0.4 is 5.73 Å². The highest BCUT2D eigenvalue weighted by atomic mass is 16.1. The molecule has 0 saturated heterocycles. The van der Waals surface area contributed by atoms with Gasteiger partial charge in [-0.15, -0.1) is 0 Å². The second kappa shape index (κ2) is 3.92. The summed E-state index contributed by atoms with van der Waals surface area (Å²) in [5.74, 6) is -0.448. The molecular formula is C12H9N5O. The van der Waals surface area contributed by atoms with Gasteiger partial charge in [-0.2, -0.15) is 0 Å². The van der Waals surface area contributed by atoms with Gasteiger partial charge in [0.05, 0.1) is 12.0 Å². The molecule has 1 aromatic carbocycles. The Hall–Kier alpha value is -2.76. The van der Waals surface area contributed by atoms with Crippen molar-refractivity contribution in [1.82, 2.24) is 19.9 Å². The van der Waals surface area contributed by atoms with Crippen molar-refractivity contribution < 1.29 is 4.79 Å². The van der Waals surface area contributed by atoms with Gasteiger partial charge < -0.3 is 10.7 Å². The zero-order chi connectivity index (χ0) is 12.5. The molecule has 88 valence electrons. The molecule has 0 fully saturated rings. The Morgan fingerprint density at radius 2 is 1.89 bits per heavy atom. The van der Waals surface area contributed by atoms with Crippen molar-refractivity contribution in [2.24, 2.45) is 5.73 Å². The highest BCUT2D eigenvalue weighted by Crippen LogP contribution is 2.22. The summed E-state index contributed by atoms with van der Waals surface area (Å²) in [6, 6.07) is 6.93. The molecule has 18 heavy (non-hydrogen) atoms. The Morgan fingerprint density at radius 3 is 2.61 bits per heavy atom. The van der Waals surface area contributed by atoms with Crippen molar-refractivity contribution in [1.29, 1.82) is 0 Å². The number of nitrogens with two attached hydrogens (primary N) is 1. The number of amides is 1. The number of hydrogen-bond acceptors (Lipinski definition) is 4. The van der Waals surface area contributed by atoms with Crippen LogP contribution in [0.5, 0.6) is 0 Å².